The molecule has 2 amide bonds. The van der Waals surface area contributed by atoms with Crippen LogP contribution in [0.3, 0.4) is 0 Å². The Kier molecular flexibility index (Phi) is 5.37. The van der Waals surface area contributed by atoms with Gasteiger partial charge in [0, 0.05) is 12.8 Å². The summed E-state index contributed by atoms with van der Waals surface area (Å²) < 4.78 is 21.8. The first-order valence-corrected chi connectivity index (χ1v) is 7.74. The van der Waals surface area contributed by atoms with E-state index in [4.69, 9.17) is 5.11 Å². The molecule has 112 valence electrons. The van der Waals surface area contributed by atoms with Gasteiger partial charge in [0.25, 0.3) is 0 Å². The molecule has 0 aliphatic heterocycles. The third-order valence-corrected chi connectivity index (χ3v) is 5.40. The summed E-state index contributed by atoms with van der Waals surface area (Å²) >= 11 is 0. The van der Waals surface area contributed by atoms with Crippen LogP contribution in [0.2, 0.25) is 0 Å². The zero-order valence-electron chi connectivity index (χ0n) is 11.9. The number of sulfone groups is 1. The van der Waals surface area contributed by atoms with E-state index in [0.717, 1.165) is 6.26 Å². The molecule has 0 saturated heterocycles. The highest BCUT2D eigenvalue weighted by Crippen LogP contribution is 2.13. The number of carbonyl (C=O) groups excluding carboxylic acids is 1. The lowest BCUT2D eigenvalue weighted by Gasteiger charge is -2.27. The van der Waals surface area contributed by atoms with E-state index in [1.165, 1.54) is 20.8 Å². The molecule has 7 nitrogen and oxygen atoms in total. The summed E-state index contributed by atoms with van der Waals surface area (Å²) in [5.74, 6) is -1.15. The van der Waals surface area contributed by atoms with Crippen LogP contribution in [0.1, 0.15) is 34.1 Å². The van der Waals surface area contributed by atoms with E-state index >= 15 is 0 Å². The summed E-state index contributed by atoms with van der Waals surface area (Å²) in [6.07, 6.45) is 1.30. The number of nitrogens with one attached hydrogen (secondary N) is 2. The van der Waals surface area contributed by atoms with Crippen LogP contribution in [0.4, 0.5) is 4.79 Å². The van der Waals surface area contributed by atoms with Gasteiger partial charge in [-0.25, -0.2) is 18.0 Å². The maximum absolute atomic E-state index is 11.6. The maximum atomic E-state index is 11.6. The largest absolute Gasteiger partial charge is 0.480 e. The van der Waals surface area contributed by atoms with Gasteiger partial charge in [-0.15, -0.1) is 0 Å². The van der Waals surface area contributed by atoms with Crippen LogP contribution in [0.15, 0.2) is 0 Å². The monoisotopic (exact) mass is 294 g/mol. The van der Waals surface area contributed by atoms with Crippen LogP contribution < -0.4 is 10.6 Å². The van der Waals surface area contributed by atoms with Crippen LogP contribution in [0, 0.1) is 0 Å². The lowest BCUT2D eigenvalue weighted by atomic mass is 10.00. The molecule has 0 saturated carbocycles. The molecule has 0 aliphatic carbocycles. The highest BCUT2D eigenvalue weighted by atomic mass is 32.2. The Morgan fingerprint density at radius 1 is 1.21 bits per heavy atom. The van der Waals surface area contributed by atoms with Crippen molar-refractivity contribution in [3.05, 3.63) is 0 Å². The predicted octanol–water partition coefficient (Wildman–Crippen LogP) is 0.362. The summed E-state index contributed by atoms with van der Waals surface area (Å²) in [6, 6.07) is -0.705. The molecule has 0 bridgehead atoms. The highest BCUT2D eigenvalue weighted by molar-refractivity contribution is 7.92. The fourth-order valence-corrected chi connectivity index (χ4v) is 1.35. The van der Waals surface area contributed by atoms with Crippen molar-refractivity contribution in [2.75, 3.05) is 12.8 Å². The average Bonchev–Trinajstić information content (AvgIpc) is 2.24. The van der Waals surface area contributed by atoms with Crippen molar-refractivity contribution in [3.8, 4) is 0 Å². The molecule has 3 N–H and O–H groups in total. The first kappa shape index (κ1) is 17.7. The third kappa shape index (κ3) is 4.70. The first-order valence-electron chi connectivity index (χ1n) is 5.85. The molecule has 0 aliphatic rings. The zero-order chi connectivity index (χ0) is 15.5. The minimum absolute atomic E-state index is 0.100. The standard InChI is InChI=1S/C11H22N2O5S/c1-6-11(4,8(14)15)13-9(16)12-7-10(2,3)19(5,17)18/h6-7H2,1-5H3,(H,14,15)(H2,12,13,16). The topological polar surface area (TPSA) is 113 Å². The van der Waals surface area contributed by atoms with Gasteiger partial charge in [0.05, 0.1) is 4.75 Å². The lowest BCUT2D eigenvalue weighted by Crippen LogP contribution is -2.56. The molecule has 1 unspecified atom stereocenters. The molecule has 8 heteroatoms. The molecular formula is C11H22N2O5S. The minimum Gasteiger partial charge on any atom is -0.480 e. The van der Waals surface area contributed by atoms with E-state index in [1.807, 2.05) is 0 Å². The fourth-order valence-electron chi connectivity index (χ4n) is 1.01. The third-order valence-electron chi connectivity index (χ3n) is 3.25. The maximum Gasteiger partial charge on any atom is 0.329 e. The molecule has 0 radical (unpaired) electrons. The van der Waals surface area contributed by atoms with Gasteiger partial charge < -0.3 is 15.7 Å². The van der Waals surface area contributed by atoms with E-state index < -0.39 is 32.1 Å². The molecule has 1 atom stereocenters. The van der Waals surface area contributed by atoms with Crippen molar-refractivity contribution in [3.63, 3.8) is 0 Å². The molecule has 0 aromatic rings. The molecule has 19 heavy (non-hydrogen) atoms. The van der Waals surface area contributed by atoms with Crippen molar-refractivity contribution < 1.29 is 23.1 Å². The smallest absolute Gasteiger partial charge is 0.329 e. The molecule has 0 aromatic carbocycles. The van der Waals surface area contributed by atoms with Gasteiger partial charge >= 0.3 is 12.0 Å². The number of amides is 2. The number of carboxylic acid groups (broad SMARTS) is 1. The van der Waals surface area contributed by atoms with Crippen molar-refractivity contribution in [2.24, 2.45) is 0 Å². The Labute approximate surface area is 113 Å². The molecule has 0 fully saturated rings. The van der Waals surface area contributed by atoms with Gasteiger partial charge in [-0.2, -0.15) is 0 Å². The van der Waals surface area contributed by atoms with Crippen molar-refractivity contribution in [2.45, 2.75) is 44.4 Å². The van der Waals surface area contributed by atoms with E-state index in [0.29, 0.717) is 0 Å². The van der Waals surface area contributed by atoms with Crippen LogP contribution >= 0.6 is 0 Å². The number of carbonyl (C=O) groups is 2. The predicted molar refractivity (Wildman–Crippen MR) is 71.8 cm³/mol. The number of carboxylic acids is 1. The fraction of sp³-hybridized carbons (Fsp3) is 0.818. The van der Waals surface area contributed by atoms with Crippen LogP contribution in [-0.4, -0.2) is 48.6 Å². The van der Waals surface area contributed by atoms with E-state index in [1.54, 1.807) is 6.92 Å². The van der Waals surface area contributed by atoms with Crippen molar-refractivity contribution >= 4 is 21.8 Å². The van der Waals surface area contributed by atoms with Crippen molar-refractivity contribution in [1.29, 1.82) is 0 Å². The summed E-state index contributed by atoms with van der Waals surface area (Å²) in [7, 11) is -3.32. The van der Waals surface area contributed by atoms with Crippen LogP contribution in [-0.2, 0) is 14.6 Å². The summed E-state index contributed by atoms with van der Waals surface area (Å²) in [5.41, 5.74) is -1.38. The molecule has 0 aromatic heterocycles. The Bertz CT molecular complexity index is 458. The van der Waals surface area contributed by atoms with E-state index in [-0.39, 0.29) is 13.0 Å². The number of urea groups is 1. The summed E-state index contributed by atoms with van der Waals surface area (Å²) in [5, 5.41) is 13.7. The van der Waals surface area contributed by atoms with Gasteiger partial charge in [-0.3, -0.25) is 0 Å². The normalized spacial score (nSPS) is 15.4. The number of rotatable bonds is 6. The van der Waals surface area contributed by atoms with Gasteiger partial charge in [0.15, 0.2) is 9.84 Å². The first-order chi connectivity index (χ1) is 8.35. The van der Waals surface area contributed by atoms with E-state index in [2.05, 4.69) is 10.6 Å². The quantitative estimate of drug-likeness (QED) is 0.655. The van der Waals surface area contributed by atoms with Gasteiger partial charge in [0.2, 0.25) is 0 Å². The second-order valence-electron chi connectivity index (χ2n) is 5.33. The number of aliphatic carboxylic acids is 1. The Balaban J connectivity index is 4.63. The second kappa shape index (κ2) is 5.77. The molecular weight excluding hydrogens is 272 g/mol. The minimum atomic E-state index is -3.32. The van der Waals surface area contributed by atoms with Gasteiger partial charge in [-0.05, 0) is 27.2 Å². The van der Waals surface area contributed by atoms with Crippen LogP contribution in [0.25, 0.3) is 0 Å². The second-order valence-corrected chi connectivity index (χ2v) is 7.98. The van der Waals surface area contributed by atoms with E-state index in [9.17, 15) is 18.0 Å². The molecule has 0 spiro atoms. The highest BCUT2D eigenvalue weighted by Gasteiger charge is 2.34. The van der Waals surface area contributed by atoms with Crippen LogP contribution in [0.5, 0.6) is 0 Å². The average molecular weight is 294 g/mol. The van der Waals surface area contributed by atoms with Gasteiger partial charge in [0.1, 0.15) is 5.54 Å². The summed E-state index contributed by atoms with van der Waals surface area (Å²) in [6.45, 7) is 5.89. The van der Waals surface area contributed by atoms with Gasteiger partial charge in [-0.1, -0.05) is 6.92 Å². The lowest BCUT2D eigenvalue weighted by molar-refractivity contribution is -0.143. The Morgan fingerprint density at radius 2 is 1.68 bits per heavy atom. The summed E-state index contributed by atoms with van der Waals surface area (Å²) in [4.78, 5) is 22.6. The molecule has 0 heterocycles. The number of hydrogen-bond donors (Lipinski definition) is 3. The SMILES string of the molecule is CCC(C)(NC(=O)NCC(C)(C)S(C)(=O)=O)C(=O)O. The Hall–Kier alpha value is -1.31. The zero-order valence-corrected chi connectivity index (χ0v) is 12.7. The van der Waals surface area contributed by atoms with Crippen molar-refractivity contribution in [1.82, 2.24) is 10.6 Å². The number of hydrogen-bond acceptors (Lipinski definition) is 4. The molecule has 0 rings (SSSR count). The Morgan fingerprint density at radius 3 is 2.00 bits per heavy atom.